The molecule has 1 aromatic rings. The zero-order valence-corrected chi connectivity index (χ0v) is 12.6. The summed E-state index contributed by atoms with van der Waals surface area (Å²) in [5.74, 6) is -0.169. The van der Waals surface area contributed by atoms with E-state index in [1.807, 2.05) is 19.9 Å². The number of nitrogens with zero attached hydrogens (tertiary/aromatic N) is 1. The number of rotatable bonds is 5. The predicted molar refractivity (Wildman–Crippen MR) is 78.0 cm³/mol. The van der Waals surface area contributed by atoms with E-state index in [9.17, 15) is 4.79 Å². The molecule has 6 heteroatoms. The van der Waals surface area contributed by atoms with Gasteiger partial charge in [-0.25, -0.2) is 4.98 Å². The molecular formula is C14H20N2O3S. The highest BCUT2D eigenvalue weighted by molar-refractivity contribution is 7.07. The van der Waals surface area contributed by atoms with Crippen LogP contribution in [0.25, 0.3) is 0 Å². The number of carbonyl (C=O) groups is 1. The molecular weight excluding hydrogens is 276 g/mol. The van der Waals surface area contributed by atoms with Crippen molar-refractivity contribution in [2.75, 3.05) is 19.8 Å². The Balaban J connectivity index is 1.89. The SMILES string of the molecule is CC(C)=CCO[C@H]1CCOC[C@H]1NC(=O)c1cscn1. The maximum Gasteiger partial charge on any atom is 0.271 e. The van der Waals surface area contributed by atoms with Crippen molar-refractivity contribution in [2.24, 2.45) is 0 Å². The minimum Gasteiger partial charge on any atom is -0.379 e. The van der Waals surface area contributed by atoms with Crippen molar-refractivity contribution in [3.05, 3.63) is 28.2 Å². The number of aromatic nitrogens is 1. The van der Waals surface area contributed by atoms with E-state index < -0.39 is 0 Å². The largest absolute Gasteiger partial charge is 0.379 e. The summed E-state index contributed by atoms with van der Waals surface area (Å²) < 4.78 is 11.3. The molecule has 2 atom stereocenters. The van der Waals surface area contributed by atoms with E-state index in [1.165, 1.54) is 16.9 Å². The minimum absolute atomic E-state index is 0.0121. The Bertz CT molecular complexity index is 455. The number of allylic oxidation sites excluding steroid dienone is 1. The normalized spacial score (nSPS) is 22.3. The average Bonchev–Trinajstić information content (AvgIpc) is 2.94. The number of carbonyl (C=O) groups excluding carboxylic acids is 1. The van der Waals surface area contributed by atoms with Crippen molar-refractivity contribution in [1.29, 1.82) is 0 Å². The molecule has 1 aliphatic rings. The van der Waals surface area contributed by atoms with E-state index in [2.05, 4.69) is 10.3 Å². The quantitative estimate of drug-likeness (QED) is 0.844. The number of hydrogen-bond donors (Lipinski definition) is 1. The fourth-order valence-electron chi connectivity index (χ4n) is 1.96. The van der Waals surface area contributed by atoms with Crippen LogP contribution in [0.15, 0.2) is 22.5 Å². The van der Waals surface area contributed by atoms with E-state index in [4.69, 9.17) is 9.47 Å². The van der Waals surface area contributed by atoms with Gasteiger partial charge in [-0.1, -0.05) is 11.6 Å². The first-order valence-corrected chi connectivity index (χ1v) is 7.63. The molecule has 0 spiro atoms. The molecule has 1 aromatic heterocycles. The van der Waals surface area contributed by atoms with E-state index in [1.54, 1.807) is 10.9 Å². The lowest BCUT2D eigenvalue weighted by Gasteiger charge is -2.31. The van der Waals surface area contributed by atoms with E-state index in [0.717, 1.165) is 6.42 Å². The third-order valence-electron chi connectivity index (χ3n) is 3.08. The zero-order chi connectivity index (χ0) is 14.4. The van der Waals surface area contributed by atoms with E-state index in [-0.39, 0.29) is 18.1 Å². The van der Waals surface area contributed by atoms with Crippen LogP contribution in [0, 0.1) is 0 Å². The molecule has 0 saturated carbocycles. The molecule has 2 heterocycles. The second-order valence-electron chi connectivity index (χ2n) is 4.97. The maximum absolute atomic E-state index is 12.0. The van der Waals surface area contributed by atoms with E-state index >= 15 is 0 Å². The average molecular weight is 296 g/mol. The highest BCUT2D eigenvalue weighted by Crippen LogP contribution is 2.13. The zero-order valence-electron chi connectivity index (χ0n) is 11.8. The van der Waals surface area contributed by atoms with Crippen molar-refractivity contribution >= 4 is 17.2 Å². The summed E-state index contributed by atoms with van der Waals surface area (Å²) in [4.78, 5) is 16.0. The lowest BCUT2D eigenvalue weighted by atomic mass is 10.1. The molecule has 0 aliphatic carbocycles. The lowest BCUT2D eigenvalue weighted by molar-refractivity contribution is -0.0457. The first-order chi connectivity index (χ1) is 9.66. The summed E-state index contributed by atoms with van der Waals surface area (Å²) in [5, 5.41) is 4.68. The smallest absolute Gasteiger partial charge is 0.271 e. The third kappa shape index (κ3) is 4.40. The number of amides is 1. The first-order valence-electron chi connectivity index (χ1n) is 6.68. The Morgan fingerprint density at radius 1 is 1.65 bits per heavy atom. The Kier molecular flexibility index (Phi) is 5.70. The monoisotopic (exact) mass is 296 g/mol. The molecule has 1 fully saturated rings. The van der Waals surface area contributed by atoms with Crippen molar-refractivity contribution in [3.63, 3.8) is 0 Å². The molecule has 1 aliphatic heterocycles. The molecule has 0 unspecified atom stereocenters. The van der Waals surface area contributed by atoms with Crippen LogP contribution < -0.4 is 5.32 Å². The Hall–Kier alpha value is -1.24. The number of nitrogens with one attached hydrogen (secondary N) is 1. The Morgan fingerprint density at radius 3 is 3.20 bits per heavy atom. The van der Waals surface area contributed by atoms with Gasteiger partial charge in [0, 0.05) is 12.0 Å². The summed E-state index contributed by atoms with van der Waals surface area (Å²) in [5.41, 5.74) is 3.32. The van der Waals surface area contributed by atoms with Crippen LogP contribution >= 0.6 is 11.3 Å². The number of thiazole rings is 1. The molecule has 0 aromatic carbocycles. The second kappa shape index (κ2) is 7.52. The second-order valence-corrected chi connectivity index (χ2v) is 5.69. The van der Waals surface area contributed by atoms with Gasteiger partial charge in [0.15, 0.2) is 0 Å². The van der Waals surface area contributed by atoms with Gasteiger partial charge < -0.3 is 14.8 Å². The van der Waals surface area contributed by atoms with Crippen LogP contribution in [0.5, 0.6) is 0 Å². The van der Waals surface area contributed by atoms with Crippen LogP contribution in [0.1, 0.15) is 30.8 Å². The van der Waals surface area contributed by atoms with Crippen molar-refractivity contribution in [2.45, 2.75) is 32.4 Å². The van der Waals surface area contributed by atoms with Gasteiger partial charge in [0.1, 0.15) is 5.69 Å². The molecule has 5 nitrogen and oxygen atoms in total. The van der Waals surface area contributed by atoms with Gasteiger partial charge >= 0.3 is 0 Å². The number of ether oxygens (including phenoxy) is 2. The third-order valence-corrected chi connectivity index (χ3v) is 3.66. The van der Waals surface area contributed by atoms with Crippen molar-refractivity contribution < 1.29 is 14.3 Å². The lowest BCUT2D eigenvalue weighted by Crippen LogP contribution is -2.50. The molecule has 110 valence electrons. The summed E-state index contributed by atoms with van der Waals surface area (Å²) in [7, 11) is 0. The molecule has 0 bridgehead atoms. The summed E-state index contributed by atoms with van der Waals surface area (Å²) in [6, 6.07) is -0.122. The van der Waals surface area contributed by atoms with E-state index in [0.29, 0.717) is 25.5 Å². The highest BCUT2D eigenvalue weighted by Gasteiger charge is 2.28. The van der Waals surface area contributed by atoms with Gasteiger partial charge in [-0.2, -0.15) is 0 Å². The minimum atomic E-state index is -0.169. The van der Waals surface area contributed by atoms with Crippen LogP contribution in [0.3, 0.4) is 0 Å². The summed E-state index contributed by atoms with van der Waals surface area (Å²) in [6.45, 7) is 5.79. The van der Waals surface area contributed by atoms with Crippen LogP contribution in [-0.2, 0) is 9.47 Å². The number of hydrogen-bond acceptors (Lipinski definition) is 5. The molecule has 1 N–H and O–H groups in total. The predicted octanol–water partition coefficient (Wildman–Crippen LogP) is 2.01. The van der Waals surface area contributed by atoms with Crippen molar-refractivity contribution in [1.82, 2.24) is 10.3 Å². The Morgan fingerprint density at radius 2 is 2.50 bits per heavy atom. The van der Waals surface area contributed by atoms with Crippen LogP contribution in [-0.4, -0.2) is 42.9 Å². The summed E-state index contributed by atoms with van der Waals surface area (Å²) in [6.07, 6.45) is 2.81. The highest BCUT2D eigenvalue weighted by atomic mass is 32.1. The standard InChI is InChI=1S/C14H20N2O3S/c1-10(2)3-6-19-13-4-5-18-7-11(13)16-14(17)12-8-20-9-15-12/h3,8-9,11,13H,4-7H2,1-2H3,(H,16,17)/t11-,13+/m1/s1. The van der Waals surface area contributed by atoms with Gasteiger partial charge in [-0.3, -0.25) is 4.79 Å². The fraction of sp³-hybridized carbons (Fsp3) is 0.571. The molecule has 1 saturated heterocycles. The van der Waals surface area contributed by atoms with Gasteiger partial charge in [0.2, 0.25) is 0 Å². The maximum atomic E-state index is 12.0. The molecule has 0 radical (unpaired) electrons. The van der Waals surface area contributed by atoms with Crippen LogP contribution in [0.2, 0.25) is 0 Å². The topological polar surface area (TPSA) is 60.5 Å². The summed E-state index contributed by atoms with van der Waals surface area (Å²) >= 11 is 1.41. The first kappa shape index (κ1) is 15.2. The van der Waals surface area contributed by atoms with Gasteiger partial charge in [-0.05, 0) is 20.3 Å². The fourth-order valence-corrected chi connectivity index (χ4v) is 2.49. The van der Waals surface area contributed by atoms with Gasteiger partial charge in [0.25, 0.3) is 5.91 Å². The molecule has 20 heavy (non-hydrogen) atoms. The molecule has 2 rings (SSSR count). The van der Waals surface area contributed by atoms with Gasteiger partial charge in [0.05, 0.1) is 30.9 Å². The van der Waals surface area contributed by atoms with Crippen molar-refractivity contribution in [3.8, 4) is 0 Å². The van der Waals surface area contributed by atoms with Crippen LogP contribution in [0.4, 0.5) is 0 Å². The molecule has 1 amide bonds. The van der Waals surface area contributed by atoms with Gasteiger partial charge in [-0.15, -0.1) is 11.3 Å². The Labute approximate surface area is 123 Å².